The van der Waals surface area contributed by atoms with Gasteiger partial charge in [-0.3, -0.25) is 4.79 Å². The lowest BCUT2D eigenvalue weighted by molar-refractivity contribution is 0.112. The monoisotopic (exact) mass is 302 g/mol. The van der Waals surface area contributed by atoms with Gasteiger partial charge in [-0.1, -0.05) is 11.6 Å². The minimum atomic E-state index is -0.529. The fraction of sp³-hybridized carbons (Fsp3) is 0. The summed E-state index contributed by atoms with van der Waals surface area (Å²) >= 11 is 5.76. The number of carbonyl (C=O) groups excluding carboxylic acids is 1. The smallest absolute Gasteiger partial charge is 0.250 e. The molecule has 2 heterocycles. The van der Waals surface area contributed by atoms with Crippen LogP contribution in [0.5, 0.6) is 0 Å². The molecular weight excluding hydrogens is 295 g/mol. The maximum absolute atomic E-state index is 13.2. The molecule has 0 aliphatic rings. The highest BCUT2D eigenvalue weighted by Gasteiger charge is 2.14. The van der Waals surface area contributed by atoms with Crippen molar-refractivity contribution in [2.75, 3.05) is 0 Å². The van der Waals surface area contributed by atoms with Crippen molar-refractivity contribution >= 4 is 17.9 Å². The molecule has 104 valence electrons. The molecule has 0 unspecified atom stereocenters. The summed E-state index contributed by atoms with van der Waals surface area (Å²) in [5.74, 6) is -0.195. The molecule has 7 heteroatoms. The van der Waals surface area contributed by atoms with Crippen LogP contribution in [0.3, 0.4) is 0 Å². The van der Waals surface area contributed by atoms with Crippen LogP contribution in [0.25, 0.3) is 17.2 Å². The summed E-state index contributed by atoms with van der Waals surface area (Å²) in [5, 5.41) is 4.24. The number of hydrogen-bond acceptors (Lipinski definition) is 4. The Morgan fingerprint density at radius 2 is 2.00 bits per heavy atom. The van der Waals surface area contributed by atoms with E-state index in [1.807, 2.05) is 0 Å². The van der Waals surface area contributed by atoms with Gasteiger partial charge in [0.1, 0.15) is 11.5 Å². The number of rotatable bonds is 3. The molecule has 0 bridgehead atoms. The van der Waals surface area contributed by atoms with Gasteiger partial charge in [0.05, 0.1) is 10.6 Å². The summed E-state index contributed by atoms with van der Waals surface area (Å²) in [6.45, 7) is 0. The molecule has 5 nitrogen and oxygen atoms in total. The van der Waals surface area contributed by atoms with Crippen molar-refractivity contribution in [2.24, 2.45) is 0 Å². The topological polar surface area (TPSA) is 60.7 Å². The summed E-state index contributed by atoms with van der Waals surface area (Å²) in [7, 11) is 0. The Kier molecular flexibility index (Phi) is 3.45. The summed E-state index contributed by atoms with van der Waals surface area (Å²) in [6.07, 6.45) is 5.31. The van der Waals surface area contributed by atoms with E-state index in [2.05, 4.69) is 15.1 Å². The molecule has 0 saturated heterocycles. The second-order valence-corrected chi connectivity index (χ2v) is 4.58. The van der Waals surface area contributed by atoms with Crippen LogP contribution in [0.15, 0.2) is 42.9 Å². The van der Waals surface area contributed by atoms with Crippen LogP contribution in [-0.4, -0.2) is 26.0 Å². The van der Waals surface area contributed by atoms with Gasteiger partial charge in [-0.15, -0.1) is 0 Å². The van der Waals surface area contributed by atoms with Crippen molar-refractivity contribution < 1.29 is 9.18 Å². The zero-order valence-electron chi connectivity index (χ0n) is 10.6. The molecule has 0 N–H and O–H groups in total. The van der Waals surface area contributed by atoms with E-state index in [4.69, 9.17) is 11.6 Å². The number of carbonyl (C=O) groups is 1. The van der Waals surface area contributed by atoms with E-state index in [1.54, 1.807) is 18.5 Å². The minimum absolute atomic E-state index is 0.0325. The lowest BCUT2D eigenvalue weighted by Gasteiger charge is -2.00. The van der Waals surface area contributed by atoms with Crippen LogP contribution in [0.2, 0.25) is 5.02 Å². The molecular formula is C14H8ClFN4O. The third kappa shape index (κ3) is 2.53. The first-order valence-corrected chi connectivity index (χ1v) is 6.34. The van der Waals surface area contributed by atoms with Crippen LogP contribution in [-0.2, 0) is 0 Å². The molecule has 0 aliphatic heterocycles. The summed E-state index contributed by atoms with van der Waals surface area (Å²) in [6, 6.07) is 5.83. The highest BCUT2D eigenvalue weighted by Crippen LogP contribution is 2.26. The molecule has 2 aromatic heterocycles. The van der Waals surface area contributed by atoms with Crippen molar-refractivity contribution in [3.63, 3.8) is 0 Å². The SMILES string of the molecule is O=Cc1cn(-c2ncccn2)nc1-c1ccc(F)c(Cl)c1. The van der Waals surface area contributed by atoms with Crippen LogP contribution < -0.4 is 0 Å². The van der Waals surface area contributed by atoms with Crippen LogP contribution >= 0.6 is 11.6 Å². The molecule has 0 radical (unpaired) electrons. The Labute approximate surface area is 124 Å². The predicted molar refractivity (Wildman–Crippen MR) is 74.9 cm³/mol. The quantitative estimate of drug-likeness (QED) is 0.698. The molecule has 0 aliphatic carbocycles. The van der Waals surface area contributed by atoms with Crippen molar-refractivity contribution in [2.45, 2.75) is 0 Å². The van der Waals surface area contributed by atoms with E-state index in [0.29, 0.717) is 29.1 Å². The first-order valence-electron chi connectivity index (χ1n) is 5.96. The van der Waals surface area contributed by atoms with E-state index >= 15 is 0 Å². The largest absolute Gasteiger partial charge is 0.298 e. The van der Waals surface area contributed by atoms with Gasteiger partial charge in [0.2, 0.25) is 5.95 Å². The first-order chi connectivity index (χ1) is 10.2. The molecule has 0 saturated carbocycles. The predicted octanol–water partition coefficient (Wildman–Crippen LogP) is 2.93. The fourth-order valence-electron chi connectivity index (χ4n) is 1.85. The van der Waals surface area contributed by atoms with E-state index in [1.165, 1.54) is 29.1 Å². The van der Waals surface area contributed by atoms with E-state index in [9.17, 15) is 9.18 Å². The average Bonchev–Trinajstić information content (AvgIpc) is 2.95. The summed E-state index contributed by atoms with van der Waals surface area (Å²) in [5.41, 5.74) is 1.27. The number of nitrogens with zero attached hydrogens (tertiary/aromatic N) is 4. The minimum Gasteiger partial charge on any atom is -0.298 e. The van der Waals surface area contributed by atoms with E-state index in [0.717, 1.165) is 0 Å². The van der Waals surface area contributed by atoms with Gasteiger partial charge in [0, 0.05) is 24.2 Å². The third-order valence-electron chi connectivity index (χ3n) is 2.82. The third-order valence-corrected chi connectivity index (χ3v) is 3.11. The Hall–Kier alpha value is -2.60. The van der Waals surface area contributed by atoms with Crippen molar-refractivity contribution in [1.82, 2.24) is 19.7 Å². The molecule has 1 aromatic carbocycles. The van der Waals surface area contributed by atoms with Gasteiger partial charge in [0.15, 0.2) is 6.29 Å². The Bertz CT molecular complexity index is 804. The highest BCUT2D eigenvalue weighted by atomic mass is 35.5. The summed E-state index contributed by atoms with van der Waals surface area (Å²) in [4.78, 5) is 19.3. The lowest BCUT2D eigenvalue weighted by Crippen LogP contribution is -2.00. The maximum Gasteiger partial charge on any atom is 0.250 e. The number of hydrogen-bond donors (Lipinski definition) is 0. The molecule has 0 amide bonds. The molecule has 3 aromatic rings. The van der Waals surface area contributed by atoms with Crippen LogP contribution in [0.1, 0.15) is 10.4 Å². The van der Waals surface area contributed by atoms with E-state index in [-0.39, 0.29) is 5.02 Å². The number of aldehydes is 1. The van der Waals surface area contributed by atoms with Gasteiger partial charge in [-0.25, -0.2) is 19.0 Å². The van der Waals surface area contributed by atoms with Gasteiger partial charge in [-0.2, -0.15) is 5.10 Å². The Balaban J connectivity index is 2.12. The van der Waals surface area contributed by atoms with Crippen molar-refractivity contribution in [1.29, 1.82) is 0 Å². The van der Waals surface area contributed by atoms with Gasteiger partial charge >= 0.3 is 0 Å². The normalized spacial score (nSPS) is 10.6. The number of aromatic nitrogens is 4. The second-order valence-electron chi connectivity index (χ2n) is 4.17. The lowest BCUT2D eigenvalue weighted by atomic mass is 10.1. The van der Waals surface area contributed by atoms with E-state index < -0.39 is 5.82 Å². The second kappa shape index (κ2) is 5.41. The fourth-order valence-corrected chi connectivity index (χ4v) is 2.03. The highest BCUT2D eigenvalue weighted by molar-refractivity contribution is 6.31. The molecule has 0 fully saturated rings. The maximum atomic E-state index is 13.2. The standard InChI is InChI=1S/C14H8ClFN4O/c15-11-6-9(2-3-12(11)16)13-10(8-21)7-20(19-13)14-17-4-1-5-18-14/h1-8H. The van der Waals surface area contributed by atoms with Gasteiger partial charge in [0.25, 0.3) is 0 Å². The van der Waals surface area contributed by atoms with Gasteiger partial charge < -0.3 is 0 Å². The molecule has 0 spiro atoms. The van der Waals surface area contributed by atoms with Crippen LogP contribution in [0, 0.1) is 5.82 Å². The number of benzene rings is 1. The zero-order chi connectivity index (χ0) is 14.8. The summed E-state index contributed by atoms with van der Waals surface area (Å²) < 4.78 is 14.6. The van der Waals surface area contributed by atoms with Crippen LogP contribution in [0.4, 0.5) is 4.39 Å². The number of halogens is 2. The zero-order valence-corrected chi connectivity index (χ0v) is 11.3. The van der Waals surface area contributed by atoms with Crippen molar-refractivity contribution in [3.8, 4) is 17.2 Å². The molecule has 0 atom stereocenters. The molecule has 3 rings (SSSR count). The average molecular weight is 303 g/mol. The molecule has 21 heavy (non-hydrogen) atoms. The van der Waals surface area contributed by atoms with Crippen molar-refractivity contribution in [3.05, 3.63) is 59.3 Å². The van der Waals surface area contributed by atoms with Gasteiger partial charge in [-0.05, 0) is 24.3 Å². The first kappa shape index (κ1) is 13.4. The Morgan fingerprint density at radius 1 is 1.24 bits per heavy atom. The Morgan fingerprint density at radius 3 is 2.67 bits per heavy atom.